The zero-order valence-corrected chi connectivity index (χ0v) is 22.4. The molecule has 0 fully saturated rings. The zero-order valence-electron chi connectivity index (χ0n) is 21.6. The average Bonchev–Trinajstić information content (AvgIpc) is 3.12. The number of quaternary nitrogens is 1. The van der Waals surface area contributed by atoms with Crippen LogP contribution in [0.2, 0.25) is 0 Å². The van der Waals surface area contributed by atoms with Crippen LogP contribution >= 0.6 is 7.82 Å². The van der Waals surface area contributed by atoms with Gasteiger partial charge in [-0.15, -0.1) is 5.10 Å². The van der Waals surface area contributed by atoms with E-state index in [2.05, 4.69) is 20.9 Å². The predicted octanol–water partition coefficient (Wildman–Crippen LogP) is -0.487. The predicted molar refractivity (Wildman–Crippen MR) is 125 cm³/mol. The second-order valence-electron chi connectivity index (χ2n) is 9.95. The van der Waals surface area contributed by atoms with E-state index >= 15 is 0 Å². The van der Waals surface area contributed by atoms with Gasteiger partial charge in [0, 0.05) is 19.3 Å². The van der Waals surface area contributed by atoms with Gasteiger partial charge in [0.05, 0.1) is 39.9 Å². The lowest BCUT2D eigenvalue weighted by Crippen LogP contribution is -2.49. The van der Waals surface area contributed by atoms with Crippen LogP contribution in [0.25, 0.3) is 0 Å². The number of ether oxygens (including phenoxy) is 1. The average molecular weight is 537 g/mol. The molecule has 0 aliphatic carbocycles. The number of aromatic nitrogens is 3. The summed E-state index contributed by atoms with van der Waals surface area (Å²) in [4.78, 5) is 47.5. The van der Waals surface area contributed by atoms with Crippen molar-refractivity contribution < 1.29 is 47.2 Å². The Bertz CT molecular complexity index is 926. The van der Waals surface area contributed by atoms with Crippen molar-refractivity contribution in [1.82, 2.24) is 25.6 Å². The molecule has 1 unspecified atom stereocenters. The van der Waals surface area contributed by atoms with Crippen molar-refractivity contribution in [2.24, 2.45) is 0 Å². The minimum Gasteiger partial charge on any atom is -0.756 e. The number of phosphoric acid groups is 1. The molecule has 1 aromatic rings. The lowest BCUT2D eigenvalue weighted by atomic mass is 10.2. The lowest BCUT2D eigenvalue weighted by Gasteiger charge is -2.27. The smallest absolute Gasteiger partial charge is 0.408 e. The van der Waals surface area contributed by atoms with Crippen molar-refractivity contribution in [3.63, 3.8) is 0 Å². The molecular formula is C20H37N6O9P. The fourth-order valence-electron chi connectivity index (χ4n) is 2.58. The summed E-state index contributed by atoms with van der Waals surface area (Å²) in [5, 5.41) is 21.4. The van der Waals surface area contributed by atoms with Gasteiger partial charge in [0.25, 0.3) is 7.82 Å². The molecule has 0 bridgehead atoms. The minimum atomic E-state index is -4.53. The first-order valence-corrected chi connectivity index (χ1v) is 12.7. The molecule has 1 heterocycles. The Morgan fingerprint density at radius 2 is 1.86 bits per heavy atom. The highest BCUT2D eigenvalue weighted by atomic mass is 31.2. The van der Waals surface area contributed by atoms with E-state index in [4.69, 9.17) is 18.9 Å². The normalized spacial score (nSPS) is 14.5. The molecule has 16 heteroatoms. The van der Waals surface area contributed by atoms with Crippen molar-refractivity contribution in [3.05, 3.63) is 11.9 Å². The number of hydrogen-bond acceptors (Lipinski definition) is 10. The third kappa shape index (κ3) is 14.7. The number of likely N-dealkylation sites (N-methyl/N-ethyl adjacent to an activating group) is 1. The molecule has 15 nitrogen and oxygen atoms in total. The van der Waals surface area contributed by atoms with Gasteiger partial charge in [-0.05, 0) is 27.2 Å². The zero-order chi connectivity index (χ0) is 27.6. The van der Waals surface area contributed by atoms with Crippen molar-refractivity contribution in [2.75, 3.05) is 47.4 Å². The maximum absolute atomic E-state index is 12.7. The van der Waals surface area contributed by atoms with Gasteiger partial charge >= 0.3 is 12.1 Å². The highest BCUT2D eigenvalue weighted by Gasteiger charge is 2.24. The van der Waals surface area contributed by atoms with Gasteiger partial charge < -0.3 is 38.9 Å². The second-order valence-corrected chi connectivity index (χ2v) is 11.4. The summed E-state index contributed by atoms with van der Waals surface area (Å²) in [6.45, 7) is 5.02. The van der Waals surface area contributed by atoms with Crippen LogP contribution in [0.1, 0.15) is 32.9 Å². The second kappa shape index (κ2) is 13.7. The van der Waals surface area contributed by atoms with Gasteiger partial charge in [0.1, 0.15) is 24.8 Å². The quantitative estimate of drug-likeness (QED) is 0.149. The van der Waals surface area contributed by atoms with E-state index in [0.717, 1.165) is 0 Å². The molecular weight excluding hydrogens is 499 g/mol. The van der Waals surface area contributed by atoms with Crippen LogP contribution in [0, 0.1) is 0 Å². The first kappa shape index (κ1) is 31.4. The van der Waals surface area contributed by atoms with Gasteiger partial charge in [-0.3, -0.25) is 18.8 Å². The number of nitrogens with zero attached hydrogens (tertiary/aromatic N) is 4. The van der Waals surface area contributed by atoms with E-state index in [9.17, 15) is 23.8 Å². The summed E-state index contributed by atoms with van der Waals surface area (Å²) in [5.74, 6) is -1.67. The third-order valence-corrected chi connectivity index (χ3v) is 5.23. The summed E-state index contributed by atoms with van der Waals surface area (Å²) >= 11 is 0. The number of carbonyl (C=O) groups excluding carboxylic acids is 2. The van der Waals surface area contributed by atoms with E-state index in [-0.39, 0.29) is 44.8 Å². The molecule has 1 rings (SSSR count). The standard InChI is InChI=1S/C20H37N6O9P/c1-20(2,3)35-19(30)22-16(7-9-25-14-15(23-24-25)13-17(27)28)18(29)21-8-11-33-36(31,32)34-12-10-26(4,5)6/h14,16H,7-13H2,1-6H3,(H3-,21,22,27,28,29,30,31,32)/t16-/m0/s1. The summed E-state index contributed by atoms with van der Waals surface area (Å²) in [6.07, 6.45) is 0.367. The molecule has 2 atom stereocenters. The SMILES string of the molecule is CC(C)(C)OC(=O)N[C@@H](CCn1cc(CC(=O)O)nn1)C(=O)NCCOP(=O)([O-])OCC[N+](C)(C)C. The third-order valence-electron chi connectivity index (χ3n) is 4.23. The van der Waals surface area contributed by atoms with Crippen LogP contribution in [0.4, 0.5) is 4.79 Å². The molecule has 3 N–H and O–H groups in total. The molecule has 2 amide bonds. The van der Waals surface area contributed by atoms with E-state index in [1.807, 2.05) is 21.1 Å². The topological polar surface area (TPSA) is 194 Å². The molecule has 0 aliphatic heterocycles. The summed E-state index contributed by atoms with van der Waals surface area (Å²) < 4.78 is 28.5. The molecule has 0 saturated carbocycles. The fourth-order valence-corrected chi connectivity index (χ4v) is 3.28. The Hall–Kier alpha value is -2.58. The molecule has 36 heavy (non-hydrogen) atoms. The van der Waals surface area contributed by atoms with Gasteiger partial charge in [-0.1, -0.05) is 5.21 Å². The maximum Gasteiger partial charge on any atom is 0.408 e. The first-order valence-electron chi connectivity index (χ1n) is 11.2. The Morgan fingerprint density at radius 3 is 2.44 bits per heavy atom. The van der Waals surface area contributed by atoms with E-state index in [1.54, 1.807) is 20.8 Å². The van der Waals surface area contributed by atoms with Crippen molar-refractivity contribution in [1.29, 1.82) is 0 Å². The van der Waals surface area contributed by atoms with Gasteiger partial charge in [-0.25, -0.2) is 4.79 Å². The Kier molecular flexibility index (Phi) is 11.9. The number of amides is 2. The number of carboxylic acid groups (broad SMARTS) is 1. The van der Waals surface area contributed by atoms with Gasteiger partial charge in [-0.2, -0.15) is 0 Å². The number of aliphatic carboxylic acids is 1. The summed E-state index contributed by atoms with van der Waals surface area (Å²) in [6, 6.07) is -1.06. The highest BCUT2D eigenvalue weighted by Crippen LogP contribution is 2.37. The van der Waals surface area contributed by atoms with Crippen molar-refractivity contribution >= 4 is 25.8 Å². The highest BCUT2D eigenvalue weighted by molar-refractivity contribution is 7.45. The van der Waals surface area contributed by atoms with E-state index in [1.165, 1.54) is 10.9 Å². The number of alkyl carbamates (subject to hydrolysis) is 1. The van der Waals surface area contributed by atoms with Crippen LogP contribution in [0.5, 0.6) is 0 Å². The molecule has 0 spiro atoms. The summed E-state index contributed by atoms with van der Waals surface area (Å²) in [5.41, 5.74) is -0.552. The Labute approximate surface area is 210 Å². The fraction of sp³-hybridized carbons (Fsp3) is 0.750. The molecule has 206 valence electrons. The lowest BCUT2D eigenvalue weighted by molar-refractivity contribution is -0.870. The monoisotopic (exact) mass is 536 g/mol. The number of rotatable bonds is 15. The Balaban J connectivity index is 2.64. The number of phosphoric ester groups is 1. The molecule has 0 saturated heterocycles. The van der Waals surface area contributed by atoms with Gasteiger partial charge in [0.2, 0.25) is 5.91 Å². The van der Waals surface area contributed by atoms with Crippen LogP contribution in [-0.4, -0.2) is 102 Å². The minimum absolute atomic E-state index is 0.0466. The van der Waals surface area contributed by atoms with Crippen LogP contribution in [0.15, 0.2) is 6.20 Å². The largest absolute Gasteiger partial charge is 0.756 e. The van der Waals surface area contributed by atoms with E-state index in [0.29, 0.717) is 11.0 Å². The number of aryl methyl sites for hydroxylation is 1. The molecule has 0 aliphatic rings. The van der Waals surface area contributed by atoms with Crippen molar-refractivity contribution in [3.8, 4) is 0 Å². The van der Waals surface area contributed by atoms with Crippen molar-refractivity contribution in [2.45, 2.75) is 51.8 Å². The van der Waals surface area contributed by atoms with E-state index < -0.39 is 37.4 Å². The number of nitrogens with one attached hydrogen (secondary N) is 2. The molecule has 0 aromatic carbocycles. The first-order chi connectivity index (χ1) is 16.5. The van der Waals surface area contributed by atoms with Crippen LogP contribution in [-0.2, 0) is 40.9 Å². The van der Waals surface area contributed by atoms with Gasteiger partial charge in [0.15, 0.2) is 0 Å². The number of carbonyl (C=O) groups is 3. The molecule has 0 radical (unpaired) electrons. The van der Waals surface area contributed by atoms with Crippen LogP contribution < -0.4 is 15.5 Å². The summed E-state index contributed by atoms with van der Waals surface area (Å²) in [7, 11) is 1.12. The molecule has 1 aromatic heterocycles. The Morgan fingerprint density at radius 1 is 1.22 bits per heavy atom. The number of carboxylic acids is 1. The maximum atomic E-state index is 12.7. The van der Waals surface area contributed by atoms with Crippen LogP contribution in [0.3, 0.4) is 0 Å². The number of hydrogen-bond donors (Lipinski definition) is 3.